The first-order valence-electron chi connectivity index (χ1n) is 10.2. The number of nitrogens with one attached hydrogen (secondary N) is 1. The third-order valence-corrected chi connectivity index (χ3v) is 5.38. The summed E-state index contributed by atoms with van der Waals surface area (Å²) in [5.74, 6) is -0.953. The predicted molar refractivity (Wildman–Crippen MR) is 123 cm³/mol. The van der Waals surface area contributed by atoms with Crippen molar-refractivity contribution in [1.82, 2.24) is 9.13 Å². The van der Waals surface area contributed by atoms with Gasteiger partial charge in [-0.1, -0.05) is 29.8 Å². The van der Waals surface area contributed by atoms with Crippen molar-refractivity contribution in [2.75, 3.05) is 5.32 Å². The number of hydrogen-bond donors (Lipinski definition) is 1. The van der Waals surface area contributed by atoms with Crippen LogP contribution in [-0.2, 0) is 11.3 Å². The van der Waals surface area contributed by atoms with Gasteiger partial charge in [-0.15, -0.1) is 0 Å². The number of hydrogen-bond acceptors (Lipinski definition) is 4. The fourth-order valence-corrected chi connectivity index (χ4v) is 3.80. The zero-order chi connectivity index (χ0) is 23.1. The second kappa shape index (κ2) is 7.90. The zero-order valence-electron chi connectivity index (χ0n) is 17.5. The molecule has 164 valence electrons. The van der Waals surface area contributed by atoms with Crippen LogP contribution in [0.3, 0.4) is 0 Å². The number of aryl methyl sites for hydroxylation is 1. The Morgan fingerprint density at radius 3 is 2.39 bits per heavy atom. The molecule has 0 aliphatic rings. The highest BCUT2D eigenvalue weighted by Gasteiger charge is 2.22. The molecular weight excluding hydrogens is 425 g/mol. The average molecular weight is 443 g/mol. The van der Waals surface area contributed by atoms with Gasteiger partial charge in [-0.2, -0.15) is 0 Å². The summed E-state index contributed by atoms with van der Waals surface area (Å²) in [6.07, 6.45) is 0. The second-order valence-electron chi connectivity index (χ2n) is 7.68. The molecule has 0 saturated heterocycles. The van der Waals surface area contributed by atoms with Crippen LogP contribution in [0.1, 0.15) is 5.56 Å². The first-order valence-corrected chi connectivity index (χ1v) is 10.2. The smallest absolute Gasteiger partial charge is 0.336 e. The van der Waals surface area contributed by atoms with Gasteiger partial charge in [-0.3, -0.25) is 14.2 Å². The third-order valence-electron chi connectivity index (χ3n) is 5.38. The number of anilines is 1. The zero-order valence-corrected chi connectivity index (χ0v) is 17.5. The van der Waals surface area contributed by atoms with Gasteiger partial charge in [0.15, 0.2) is 0 Å². The summed E-state index contributed by atoms with van der Waals surface area (Å²) < 4.78 is 21.3. The molecule has 0 aliphatic carbocycles. The molecule has 0 unspecified atom stereocenters. The molecule has 5 aromatic rings. The molecule has 0 saturated carbocycles. The predicted octanol–water partition coefficient (Wildman–Crippen LogP) is 3.98. The Hall–Kier alpha value is -4.46. The molecule has 0 atom stereocenters. The van der Waals surface area contributed by atoms with Gasteiger partial charge in [0.25, 0.3) is 0 Å². The van der Waals surface area contributed by atoms with Gasteiger partial charge in [-0.05, 0) is 55.5 Å². The Labute approximate surface area is 186 Å². The van der Waals surface area contributed by atoms with Crippen molar-refractivity contribution in [2.24, 2.45) is 0 Å². The molecule has 0 bridgehead atoms. The molecule has 1 amide bonds. The maximum Gasteiger partial charge on any atom is 0.336 e. The van der Waals surface area contributed by atoms with Gasteiger partial charge in [0.1, 0.15) is 23.5 Å². The summed E-state index contributed by atoms with van der Waals surface area (Å²) >= 11 is 0. The summed E-state index contributed by atoms with van der Waals surface area (Å²) in [4.78, 5) is 39.6. The lowest BCUT2D eigenvalue weighted by molar-refractivity contribution is -0.116. The number of amides is 1. The van der Waals surface area contributed by atoms with E-state index in [0.717, 1.165) is 22.3 Å². The minimum Gasteiger partial charge on any atom is -0.449 e. The van der Waals surface area contributed by atoms with Crippen LogP contribution in [-0.4, -0.2) is 15.0 Å². The lowest BCUT2D eigenvalue weighted by Gasteiger charge is -2.12. The Morgan fingerprint density at radius 1 is 0.970 bits per heavy atom. The van der Waals surface area contributed by atoms with Gasteiger partial charge in [0, 0.05) is 11.1 Å². The van der Waals surface area contributed by atoms with Gasteiger partial charge < -0.3 is 9.73 Å². The summed E-state index contributed by atoms with van der Waals surface area (Å²) in [5, 5.41) is 3.30. The maximum absolute atomic E-state index is 13.5. The minimum absolute atomic E-state index is 0.0664. The molecule has 2 heterocycles. The highest BCUT2D eigenvalue weighted by Crippen LogP contribution is 2.26. The van der Waals surface area contributed by atoms with E-state index in [-0.39, 0.29) is 23.3 Å². The van der Waals surface area contributed by atoms with E-state index < -0.39 is 23.0 Å². The van der Waals surface area contributed by atoms with Gasteiger partial charge in [0.05, 0.1) is 5.69 Å². The molecule has 3 aromatic carbocycles. The maximum atomic E-state index is 13.5. The number of halogens is 1. The van der Waals surface area contributed by atoms with E-state index in [4.69, 9.17) is 4.42 Å². The fourth-order valence-electron chi connectivity index (χ4n) is 3.80. The van der Waals surface area contributed by atoms with Crippen molar-refractivity contribution in [2.45, 2.75) is 13.5 Å². The number of fused-ring (bicyclic) bond motifs is 3. The van der Waals surface area contributed by atoms with Crippen molar-refractivity contribution >= 4 is 33.7 Å². The number of benzene rings is 3. The Balaban J connectivity index is 1.71. The molecular formula is C25H18FN3O4. The van der Waals surface area contributed by atoms with Gasteiger partial charge >= 0.3 is 11.2 Å². The molecule has 2 aromatic heterocycles. The van der Waals surface area contributed by atoms with Gasteiger partial charge in [-0.25, -0.2) is 13.8 Å². The van der Waals surface area contributed by atoms with Crippen LogP contribution in [0, 0.1) is 12.7 Å². The number of furan rings is 1. The number of rotatable bonds is 4. The Morgan fingerprint density at radius 2 is 1.67 bits per heavy atom. The van der Waals surface area contributed by atoms with Gasteiger partial charge in [0.2, 0.25) is 11.5 Å². The number of aromatic nitrogens is 2. The molecule has 8 heteroatoms. The lowest BCUT2D eigenvalue weighted by Crippen LogP contribution is -2.40. The van der Waals surface area contributed by atoms with Crippen molar-refractivity contribution in [3.05, 3.63) is 105 Å². The molecule has 0 aliphatic heterocycles. The summed E-state index contributed by atoms with van der Waals surface area (Å²) in [6.45, 7) is 1.58. The lowest BCUT2D eigenvalue weighted by atomic mass is 10.2. The van der Waals surface area contributed by atoms with E-state index in [1.54, 1.807) is 36.4 Å². The van der Waals surface area contributed by atoms with Crippen LogP contribution in [0.2, 0.25) is 0 Å². The topological polar surface area (TPSA) is 86.2 Å². The summed E-state index contributed by atoms with van der Waals surface area (Å²) in [5.41, 5.74) is 0.954. The standard InChI is InChI=1S/C25H18FN3O4/c1-15-6-10-17(11-7-15)27-21(30)14-28-22-19-4-2-3-5-20(19)33-23(22)24(31)29(25(28)32)18-12-8-16(26)9-13-18/h2-13H,14H2,1H3,(H,27,30). The van der Waals surface area contributed by atoms with E-state index in [1.165, 1.54) is 16.7 Å². The van der Waals surface area contributed by atoms with E-state index in [9.17, 15) is 18.8 Å². The fraction of sp³-hybridized carbons (Fsp3) is 0.0800. The molecule has 0 spiro atoms. The Bertz CT molecular complexity index is 1630. The quantitative estimate of drug-likeness (QED) is 0.455. The molecule has 0 fully saturated rings. The number of carbonyl (C=O) groups excluding carboxylic acids is 1. The molecule has 5 rings (SSSR count). The number of nitrogens with zero attached hydrogens (tertiary/aromatic N) is 2. The van der Waals surface area contributed by atoms with Crippen LogP contribution in [0.5, 0.6) is 0 Å². The molecule has 7 nitrogen and oxygen atoms in total. The van der Waals surface area contributed by atoms with E-state index >= 15 is 0 Å². The highest BCUT2D eigenvalue weighted by atomic mass is 19.1. The second-order valence-corrected chi connectivity index (χ2v) is 7.68. The van der Waals surface area contributed by atoms with Crippen LogP contribution in [0.25, 0.3) is 27.8 Å². The van der Waals surface area contributed by atoms with E-state index in [1.807, 2.05) is 19.1 Å². The first kappa shape index (κ1) is 20.4. The Kier molecular flexibility index (Phi) is 4.90. The number of para-hydroxylation sites is 1. The van der Waals surface area contributed by atoms with E-state index in [2.05, 4.69) is 5.32 Å². The molecule has 0 radical (unpaired) electrons. The minimum atomic E-state index is -0.732. The van der Waals surface area contributed by atoms with Crippen LogP contribution >= 0.6 is 0 Å². The van der Waals surface area contributed by atoms with Crippen LogP contribution in [0.4, 0.5) is 10.1 Å². The van der Waals surface area contributed by atoms with Crippen molar-refractivity contribution in [3.8, 4) is 5.69 Å². The van der Waals surface area contributed by atoms with Crippen LogP contribution < -0.4 is 16.6 Å². The summed E-state index contributed by atoms with van der Waals surface area (Å²) in [7, 11) is 0. The average Bonchev–Trinajstić information content (AvgIpc) is 3.19. The first-order chi connectivity index (χ1) is 15.9. The molecule has 1 N–H and O–H groups in total. The monoisotopic (exact) mass is 443 g/mol. The largest absolute Gasteiger partial charge is 0.449 e. The highest BCUT2D eigenvalue weighted by molar-refractivity contribution is 6.03. The van der Waals surface area contributed by atoms with Crippen molar-refractivity contribution in [3.63, 3.8) is 0 Å². The third kappa shape index (κ3) is 3.61. The van der Waals surface area contributed by atoms with Crippen LogP contribution in [0.15, 0.2) is 86.8 Å². The van der Waals surface area contributed by atoms with Crippen molar-refractivity contribution < 1.29 is 13.6 Å². The normalized spacial score (nSPS) is 11.2. The van der Waals surface area contributed by atoms with E-state index in [0.29, 0.717) is 16.7 Å². The van der Waals surface area contributed by atoms with Crippen molar-refractivity contribution in [1.29, 1.82) is 0 Å². The number of carbonyl (C=O) groups is 1. The molecule has 33 heavy (non-hydrogen) atoms. The SMILES string of the molecule is Cc1ccc(NC(=O)Cn2c(=O)n(-c3ccc(F)cc3)c(=O)c3oc4ccccc4c32)cc1. The summed E-state index contributed by atoms with van der Waals surface area (Å²) in [6, 6.07) is 19.1.